The van der Waals surface area contributed by atoms with Gasteiger partial charge in [0.25, 0.3) is 0 Å². The molecule has 1 N–H and O–H groups in total. The van der Waals surface area contributed by atoms with Crippen molar-refractivity contribution in [3.05, 3.63) is 0 Å². The highest BCUT2D eigenvalue weighted by molar-refractivity contribution is 8.14. The molecule has 3 heteroatoms. The monoisotopic (exact) mass is 212 g/mol. The van der Waals surface area contributed by atoms with E-state index in [-0.39, 0.29) is 0 Å². The van der Waals surface area contributed by atoms with Crippen LogP contribution < -0.4 is 5.32 Å². The van der Waals surface area contributed by atoms with E-state index in [4.69, 9.17) is 0 Å². The van der Waals surface area contributed by atoms with E-state index in [9.17, 15) is 0 Å². The highest BCUT2D eigenvalue weighted by atomic mass is 32.2. The Bertz CT molecular complexity index is 221. The normalized spacial score (nSPS) is 26.8. The molecule has 1 atom stereocenters. The number of amidine groups is 1. The molecule has 2 nitrogen and oxygen atoms in total. The van der Waals surface area contributed by atoms with Crippen LogP contribution in [-0.2, 0) is 0 Å². The van der Waals surface area contributed by atoms with Gasteiger partial charge in [0.15, 0.2) is 5.17 Å². The van der Waals surface area contributed by atoms with Crippen molar-refractivity contribution < 1.29 is 0 Å². The van der Waals surface area contributed by atoms with Crippen molar-refractivity contribution in [2.24, 2.45) is 16.8 Å². The van der Waals surface area contributed by atoms with Crippen LogP contribution in [0, 0.1) is 11.8 Å². The van der Waals surface area contributed by atoms with Crippen LogP contribution >= 0.6 is 11.8 Å². The SMILES string of the molecule is CC(C)CCNC1=NCC(C2CC2)S1. The lowest BCUT2D eigenvalue weighted by molar-refractivity contribution is 0.579. The molecule has 1 unspecified atom stereocenters. The van der Waals surface area contributed by atoms with Gasteiger partial charge in [-0.25, -0.2) is 0 Å². The molecule has 1 aliphatic heterocycles. The minimum atomic E-state index is 0.786. The first-order valence-corrected chi connectivity index (χ1v) is 6.58. The minimum absolute atomic E-state index is 0.786. The summed E-state index contributed by atoms with van der Waals surface area (Å²) in [6.45, 7) is 6.66. The number of nitrogens with one attached hydrogen (secondary N) is 1. The fourth-order valence-electron chi connectivity index (χ4n) is 1.67. The summed E-state index contributed by atoms with van der Waals surface area (Å²) in [4.78, 5) is 4.54. The summed E-state index contributed by atoms with van der Waals surface area (Å²) in [5.41, 5.74) is 0. The lowest BCUT2D eigenvalue weighted by Gasteiger charge is -2.08. The second-order valence-electron chi connectivity index (χ2n) is 4.75. The van der Waals surface area contributed by atoms with E-state index in [2.05, 4.69) is 24.2 Å². The molecule has 80 valence electrons. The van der Waals surface area contributed by atoms with E-state index in [0.29, 0.717) is 0 Å². The molecular formula is C11H20N2S. The van der Waals surface area contributed by atoms with Gasteiger partial charge >= 0.3 is 0 Å². The van der Waals surface area contributed by atoms with Gasteiger partial charge in [-0.2, -0.15) is 0 Å². The molecule has 1 fully saturated rings. The Morgan fingerprint density at radius 3 is 2.93 bits per heavy atom. The Morgan fingerprint density at radius 2 is 2.29 bits per heavy atom. The second kappa shape index (κ2) is 4.56. The molecule has 0 aromatic carbocycles. The molecule has 1 heterocycles. The summed E-state index contributed by atoms with van der Waals surface area (Å²) in [5.74, 6) is 1.77. The van der Waals surface area contributed by atoms with Crippen molar-refractivity contribution >= 4 is 16.9 Å². The molecular weight excluding hydrogens is 192 g/mol. The molecule has 0 amide bonds. The average molecular weight is 212 g/mol. The van der Waals surface area contributed by atoms with Gasteiger partial charge in [-0.15, -0.1) is 0 Å². The fourth-order valence-corrected chi connectivity index (χ4v) is 2.90. The van der Waals surface area contributed by atoms with Crippen molar-refractivity contribution in [3.8, 4) is 0 Å². The Labute approximate surface area is 90.9 Å². The zero-order valence-corrected chi connectivity index (χ0v) is 9.94. The zero-order chi connectivity index (χ0) is 9.97. The molecule has 14 heavy (non-hydrogen) atoms. The summed E-state index contributed by atoms with van der Waals surface area (Å²) < 4.78 is 0. The smallest absolute Gasteiger partial charge is 0.156 e. The Balaban J connectivity index is 1.62. The van der Waals surface area contributed by atoms with E-state index in [1.165, 1.54) is 24.4 Å². The van der Waals surface area contributed by atoms with E-state index in [0.717, 1.165) is 30.2 Å². The maximum Gasteiger partial charge on any atom is 0.156 e. The molecule has 1 saturated carbocycles. The van der Waals surface area contributed by atoms with Gasteiger partial charge in [-0.3, -0.25) is 4.99 Å². The zero-order valence-electron chi connectivity index (χ0n) is 9.12. The van der Waals surface area contributed by atoms with E-state index in [1.807, 2.05) is 11.8 Å². The van der Waals surface area contributed by atoms with Crippen LogP contribution in [0.5, 0.6) is 0 Å². The molecule has 0 aromatic heterocycles. The summed E-state index contributed by atoms with van der Waals surface area (Å²) in [5, 5.41) is 5.44. The maximum atomic E-state index is 4.54. The third-order valence-corrected chi connectivity index (χ3v) is 4.16. The van der Waals surface area contributed by atoms with Gasteiger partial charge < -0.3 is 5.32 Å². The molecule has 0 saturated heterocycles. The maximum absolute atomic E-state index is 4.54. The predicted molar refractivity (Wildman–Crippen MR) is 63.9 cm³/mol. The number of aliphatic imine (C=N–C) groups is 1. The third-order valence-electron chi connectivity index (χ3n) is 2.82. The highest BCUT2D eigenvalue weighted by Crippen LogP contribution is 2.41. The highest BCUT2D eigenvalue weighted by Gasteiger charge is 2.35. The van der Waals surface area contributed by atoms with Crippen molar-refractivity contribution in [3.63, 3.8) is 0 Å². The standard InChI is InChI=1S/C11H20N2S/c1-8(2)5-6-12-11-13-7-10(14-11)9-3-4-9/h8-10H,3-7H2,1-2H3,(H,12,13). The number of hydrogen-bond acceptors (Lipinski definition) is 3. The molecule has 1 aliphatic carbocycles. The van der Waals surface area contributed by atoms with Gasteiger partial charge in [0.2, 0.25) is 0 Å². The van der Waals surface area contributed by atoms with Crippen LogP contribution in [0.15, 0.2) is 4.99 Å². The Morgan fingerprint density at radius 1 is 1.50 bits per heavy atom. The third kappa shape index (κ3) is 2.91. The van der Waals surface area contributed by atoms with Crippen molar-refractivity contribution in [1.82, 2.24) is 5.32 Å². The molecule has 2 aliphatic rings. The topological polar surface area (TPSA) is 24.4 Å². The quantitative estimate of drug-likeness (QED) is 0.774. The Hall–Kier alpha value is -0.180. The summed E-state index contributed by atoms with van der Waals surface area (Å²) in [7, 11) is 0. The molecule has 0 spiro atoms. The lowest BCUT2D eigenvalue weighted by atomic mass is 10.1. The fraction of sp³-hybridized carbons (Fsp3) is 0.909. The summed E-state index contributed by atoms with van der Waals surface area (Å²) in [6, 6.07) is 0. The molecule has 0 bridgehead atoms. The van der Waals surface area contributed by atoms with Crippen LogP contribution in [0.25, 0.3) is 0 Å². The number of thioether (sulfide) groups is 1. The first-order valence-electron chi connectivity index (χ1n) is 5.70. The predicted octanol–water partition coefficient (Wildman–Crippen LogP) is 2.50. The first-order chi connectivity index (χ1) is 6.75. The van der Waals surface area contributed by atoms with Gasteiger partial charge in [-0.1, -0.05) is 25.6 Å². The molecule has 2 rings (SSSR count). The molecule has 0 aromatic rings. The summed E-state index contributed by atoms with van der Waals surface area (Å²) >= 11 is 1.97. The number of rotatable bonds is 4. The van der Waals surface area contributed by atoms with Crippen LogP contribution in [0.3, 0.4) is 0 Å². The van der Waals surface area contributed by atoms with Gasteiger partial charge in [0, 0.05) is 11.8 Å². The van der Waals surface area contributed by atoms with Crippen molar-refractivity contribution in [2.45, 2.75) is 38.4 Å². The number of nitrogens with zero attached hydrogens (tertiary/aromatic N) is 1. The Kier molecular flexibility index (Phi) is 3.37. The van der Waals surface area contributed by atoms with Crippen LogP contribution in [0.1, 0.15) is 33.1 Å². The van der Waals surface area contributed by atoms with E-state index < -0.39 is 0 Å². The van der Waals surface area contributed by atoms with Crippen LogP contribution in [0.2, 0.25) is 0 Å². The van der Waals surface area contributed by atoms with Crippen LogP contribution in [-0.4, -0.2) is 23.5 Å². The van der Waals surface area contributed by atoms with Gasteiger partial charge in [0.1, 0.15) is 0 Å². The van der Waals surface area contributed by atoms with Gasteiger partial charge in [-0.05, 0) is 31.1 Å². The molecule has 0 radical (unpaired) electrons. The second-order valence-corrected chi connectivity index (χ2v) is 5.98. The number of hydrogen-bond donors (Lipinski definition) is 1. The van der Waals surface area contributed by atoms with Crippen molar-refractivity contribution in [1.29, 1.82) is 0 Å². The van der Waals surface area contributed by atoms with Gasteiger partial charge in [0.05, 0.1) is 6.54 Å². The minimum Gasteiger partial charge on any atom is -0.365 e. The summed E-state index contributed by atoms with van der Waals surface area (Å²) in [6.07, 6.45) is 4.12. The van der Waals surface area contributed by atoms with Crippen LogP contribution in [0.4, 0.5) is 0 Å². The lowest BCUT2D eigenvalue weighted by Crippen LogP contribution is -2.22. The van der Waals surface area contributed by atoms with E-state index >= 15 is 0 Å². The average Bonchev–Trinajstić information content (AvgIpc) is 2.87. The first kappa shape index (κ1) is 10.3. The van der Waals surface area contributed by atoms with Crippen molar-refractivity contribution in [2.75, 3.05) is 13.1 Å². The largest absolute Gasteiger partial charge is 0.365 e. The van der Waals surface area contributed by atoms with E-state index in [1.54, 1.807) is 0 Å².